The van der Waals surface area contributed by atoms with E-state index in [1.54, 1.807) is 6.07 Å². The molecule has 1 aliphatic heterocycles. The minimum Gasteiger partial charge on any atom is -0.451 e. The largest absolute Gasteiger partial charge is 0.451 e. The minimum atomic E-state index is 0.0480. The van der Waals surface area contributed by atoms with Crippen molar-refractivity contribution in [1.29, 1.82) is 0 Å². The van der Waals surface area contributed by atoms with Gasteiger partial charge in [-0.15, -0.1) is 0 Å². The molecule has 0 spiro atoms. The maximum Gasteiger partial charge on any atom is 0.289 e. The van der Waals surface area contributed by atoms with Gasteiger partial charge in [-0.1, -0.05) is 24.4 Å². The zero-order valence-electron chi connectivity index (χ0n) is 13.7. The number of carbonyl (C=O) groups is 1. The molecule has 126 valence electrons. The van der Waals surface area contributed by atoms with Crippen LogP contribution in [-0.2, 0) is 0 Å². The molecule has 24 heavy (non-hydrogen) atoms. The molecule has 1 aliphatic carbocycles. The number of likely N-dealkylation sites (tertiary alicyclic amines) is 1. The topological polar surface area (TPSA) is 33.5 Å². The van der Waals surface area contributed by atoms with Gasteiger partial charge in [-0.3, -0.25) is 4.79 Å². The second kappa shape index (κ2) is 6.64. The third kappa shape index (κ3) is 2.98. The van der Waals surface area contributed by atoms with Crippen molar-refractivity contribution >= 4 is 17.5 Å². The van der Waals surface area contributed by atoms with Crippen LogP contribution in [0.5, 0.6) is 0 Å². The summed E-state index contributed by atoms with van der Waals surface area (Å²) in [4.78, 5) is 15.0. The first-order valence-corrected chi connectivity index (χ1v) is 9.27. The quantitative estimate of drug-likeness (QED) is 0.732. The molecule has 2 fully saturated rings. The molecule has 2 atom stereocenters. The van der Waals surface area contributed by atoms with Crippen molar-refractivity contribution in [3.8, 4) is 11.3 Å². The Kier molecular flexibility index (Phi) is 4.36. The molecule has 1 amide bonds. The van der Waals surface area contributed by atoms with Gasteiger partial charge in [0.1, 0.15) is 5.76 Å². The van der Waals surface area contributed by atoms with Crippen molar-refractivity contribution in [2.24, 2.45) is 5.92 Å². The molecule has 2 aliphatic rings. The van der Waals surface area contributed by atoms with Crippen LogP contribution in [-0.4, -0.2) is 23.4 Å². The molecule has 2 aromatic rings. The second-order valence-corrected chi connectivity index (χ2v) is 7.36. The summed E-state index contributed by atoms with van der Waals surface area (Å²) >= 11 is 5.93. The summed E-state index contributed by atoms with van der Waals surface area (Å²) in [5, 5.41) is 0.693. The first-order chi connectivity index (χ1) is 11.7. The normalized spacial score (nSPS) is 23.8. The molecule has 4 heteroatoms. The summed E-state index contributed by atoms with van der Waals surface area (Å²) in [6.07, 6.45) is 7.33. The van der Waals surface area contributed by atoms with Crippen LogP contribution in [0.4, 0.5) is 0 Å². The van der Waals surface area contributed by atoms with E-state index in [-0.39, 0.29) is 5.91 Å². The number of furan rings is 1. The Labute approximate surface area is 147 Å². The number of carbonyl (C=O) groups excluding carboxylic acids is 1. The maximum absolute atomic E-state index is 13.0. The molecule has 1 aromatic heterocycles. The summed E-state index contributed by atoms with van der Waals surface area (Å²) in [5.41, 5.74) is 0.938. The Bertz CT molecular complexity index is 719. The molecule has 1 saturated carbocycles. The number of benzene rings is 1. The molecular weight excluding hydrogens is 322 g/mol. The summed E-state index contributed by atoms with van der Waals surface area (Å²) < 4.78 is 5.87. The van der Waals surface area contributed by atoms with Crippen molar-refractivity contribution < 1.29 is 9.21 Å². The zero-order chi connectivity index (χ0) is 16.5. The molecule has 2 heterocycles. The van der Waals surface area contributed by atoms with E-state index in [1.165, 1.54) is 25.7 Å². The average molecular weight is 344 g/mol. The number of hydrogen-bond acceptors (Lipinski definition) is 2. The zero-order valence-corrected chi connectivity index (χ0v) is 14.5. The highest BCUT2D eigenvalue weighted by molar-refractivity contribution is 6.30. The Balaban J connectivity index is 1.55. The lowest BCUT2D eigenvalue weighted by Crippen LogP contribution is -2.49. The van der Waals surface area contributed by atoms with Gasteiger partial charge in [-0.05, 0) is 68.0 Å². The average Bonchev–Trinajstić information content (AvgIpc) is 3.11. The van der Waals surface area contributed by atoms with Crippen molar-refractivity contribution in [2.45, 2.75) is 44.6 Å². The highest BCUT2D eigenvalue weighted by Gasteiger charge is 2.36. The third-order valence-corrected chi connectivity index (χ3v) is 5.70. The van der Waals surface area contributed by atoms with E-state index in [0.717, 1.165) is 24.9 Å². The van der Waals surface area contributed by atoms with Crippen molar-refractivity contribution in [2.75, 3.05) is 6.54 Å². The Morgan fingerprint density at radius 3 is 2.58 bits per heavy atom. The van der Waals surface area contributed by atoms with Crippen molar-refractivity contribution in [3.63, 3.8) is 0 Å². The van der Waals surface area contributed by atoms with Crippen LogP contribution < -0.4 is 0 Å². The van der Waals surface area contributed by atoms with Crippen LogP contribution in [0.2, 0.25) is 5.02 Å². The molecule has 4 rings (SSSR count). The van der Waals surface area contributed by atoms with E-state index in [2.05, 4.69) is 4.90 Å². The minimum absolute atomic E-state index is 0.0480. The standard InChI is InChI=1S/C20H22ClNO2/c21-16-9-7-15(8-10-16)18-11-12-19(24-18)20(23)22-13-3-5-14-4-1-2-6-17(14)22/h7-12,14,17H,1-6,13H2/t14-,17-/m0/s1. The van der Waals surface area contributed by atoms with Crippen LogP contribution in [0, 0.1) is 5.92 Å². The van der Waals surface area contributed by atoms with E-state index < -0.39 is 0 Å². The van der Waals surface area contributed by atoms with Gasteiger partial charge < -0.3 is 9.32 Å². The van der Waals surface area contributed by atoms with Crippen LogP contribution in [0.3, 0.4) is 0 Å². The van der Waals surface area contributed by atoms with E-state index in [0.29, 0.717) is 28.5 Å². The molecule has 0 N–H and O–H groups in total. The van der Waals surface area contributed by atoms with Gasteiger partial charge >= 0.3 is 0 Å². The van der Waals surface area contributed by atoms with Gasteiger partial charge in [0.15, 0.2) is 5.76 Å². The summed E-state index contributed by atoms with van der Waals surface area (Å²) in [6, 6.07) is 11.6. The highest BCUT2D eigenvalue weighted by atomic mass is 35.5. The molecule has 3 nitrogen and oxygen atoms in total. The smallest absolute Gasteiger partial charge is 0.289 e. The summed E-state index contributed by atoms with van der Waals surface area (Å²) in [5.74, 6) is 1.90. The lowest BCUT2D eigenvalue weighted by Gasteiger charge is -2.43. The van der Waals surface area contributed by atoms with Crippen LogP contribution >= 0.6 is 11.6 Å². The van der Waals surface area contributed by atoms with Crippen LogP contribution in [0.25, 0.3) is 11.3 Å². The molecule has 1 saturated heterocycles. The van der Waals surface area contributed by atoms with E-state index in [4.69, 9.17) is 16.0 Å². The number of rotatable bonds is 2. The molecule has 0 bridgehead atoms. The van der Waals surface area contributed by atoms with E-state index >= 15 is 0 Å². The van der Waals surface area contributed by atoms with Gasteiger partial charge in [0.25, 0.3) is 5.91 Å². The first-order valence-electron chi connectivity index (χ1n) is 8.89. The van der Waals surface area contributed by atoms with Crippen molar-refractivity contribution in [1.82, 2.24) is 4.90 Å². The van der Waals surface area contributed by atoms with Crippen LogP contribution in [0.15, 0.2) is 40.8 Å². The fourth-order valence-corrected chi connectivity index (χ4v) is 4.37. The first kappa shape index (κ1) is 15.8. The number of halogens is 1. The number of hydrogen-bond donors (Lipinski definition) is 0. The van der Waals surface area contributed by atoms with Gasteiger partial charge in [-0.25, -0.2) is 0 Å². The maximum atomic E-state index is 13.0. The van der Waals surface area contributed by atoms with Gasteiger partial charge in [0.2, 0.25) is 0 Å². The van der Waals surface area contributed by atoms with Gasteiger partial charge in [-0.2, -0.15) is 0 Å². The molecule has 0 radical (unpaired) electrons. The fraction of sp³-hybridized carbons (Fsp3) is 0.450. The molecule has 0 unspecified atom stereocenters. The summed E-state index contributed by atoms with van der Waals surface area (Å²) in [7, 11) is 0. The van der Waals surface area contributed by atoms with E-state index in [9.17, 15) is 4.79 Å². The lowest BCUT2D eigenvalue weighted by molar-refractivity contribution is 0.0363. The molecule has 1 aromatic carbocycles. The predicted octanol–water partition coefficient (Wildman–Crippen LogP) is 5.39. The number of nitrogens with zero attached hydrogens (tertiary/aromatic N) is 1. The second-order valence-electron chi connectivity index (χ2n) is 6.92. The van der Waals surface area contributed by atoms with Gasteiger partial charge in [0.05, 0.1) is 0 Å². The third-order valence-electron chi connectivity index (χ3n) is 5.45. The van der Waals surface area contributed by atoms with Gasteiger partial charge in [0, 0.05) is 23.2 Å². The Morgan fingerprint density at radius 2 is 1.75 bits per heavy atom. The number of fused-ring (bicyclic) bond motifs is 1. The Morgan fingerprint density at radius 1 is 1.00 bits per heavy atom. The number of piperidine rings is 1. The van der Waals surface area contributed by atoms with Crippen LogP contribution in [0.1, 0.15) is 49.1 Å². The monoisotopic (exact) mass is 343 g/mol. The lowest BCUT2D eigenvalue weighted by atomic mass is 9.78. The number of amides is 1. The highest BCUT2D eigenvalue weighted by Crippen LogP contribution is 2.36. The van der Waals surface area contributed by atoms with E-state index in [1.807, 2.05) is 30.3 Å². The summed E-state index contributed by atoms with van der Waals surface area (Å²) in [6.45, 7) is 0.858. The SMILES string of the molecule is O=C(c1ccc(-c2ccc(Cl)cc2)o1)N1CCC[C@@H]2CCCC[C@@H]21. The van der Waals surface area contributed by atoms with Crippen molar-refractivity contribution in [3.05, 3.63) is 47.2 Å². The predicted molar refractivity (Wildman–Crippen MR) is 95.2 cm³/mol. The Hall–Kier alpha value is -1.74. The molecular formula is C20H22ClNO2. The fourth-order valence-electron chi connectivity index (χ4n) is 4.24.